The number of piperidine rings is 1. The molecule has 0 amide bonds. The van der Waals surface area contributed by atoms with Gasteiger partial charge in [0.15, 0.2) is 0 Å². The van der Waals surface area contributed by atoms with Crippen molar-refractivity contribution in [3.63, 3.8) is 0 Å². The van der Waals surface area contributed by atoms with Gasteiger partial charge in [0.25, 0.3) is 0 Å². The van der Waals surface area contributed by atoms with Crippen LogP contribution in [-0.2, 0) is 0 Å². The van der Waals surface area contributed by atoms with Crippen molar-refractivity contribution in [2.75, 3.05) is 47.3 Å². The molecule has 3 heteroatoms. The smallest absolute Gasteiger partial charge is 0.0113 e. The minimum absolute atomic E-state index is 0.821. The zero-order valence-electron chi connectivity index (χ0n) is 12.0. The predicted octanol–water partition coefficient (Wildman–Crippen LogP) is 1.79. The van der Waals surface area contributed by atoms with E-state index >= 15 is 0 Å². The Kier molecular flexibility index (Phi) is 7.82. The molecule has 0 unspecified atom stereocenters. The van der Waals surface area contributed by atoms with Gasteiger partial charge in [-0.25, -0.2) is 0 Å². The molecule has 1 fully saturated rings. The van der Waals surface area contributed by atoms with Gasteiger partial charge in [-0.05, 0) is 73.0 Å². The summed E-state index contributed by atoms with van der Waals surface area (Å²) < 4.78 is 0. The number of unbranched alkanes of at least 4 members (excludes halogenated alkanes) is 3. The fourth-order valence-electron chi connectivity index (χ4n) is 2.65. The van der Waals surface area contributed by atoms with E-state index in [1.165, 1.54) is 64.7 Å². The van der Waals surface area contributed by atoms with Gasteiger partial charge in [-0.15, -0.1) is 0 Å². The van der Waals surface area contributed by atoms with E-state index in [1.807, 2.05) is 7.05 Å². The van der Waals surface area contributed by atoms with E-state index in [4.69, 9.17) is 0 Å². The molecule has 0 atom stereocenters. The molecule has 0 aromatic rings. The van der Waals surface area contributed by atoms with Crippen LogP contribution in [0.2, 0.25) is 0 Å². The summed E-state index contributed by atoms with van der Waals surface area (Å²) >= 11 is 0. The van der Waals surface area contributed by atoms with Crippen LogP contribution in [-0.4, -0.2) is 63.2 Å². The number of hydrogen-bond acceptors (Lipinski definition) is 3. The third kappa shape index (κ3) is 6.39. The topological polar surface area (TPSA) is 18.5 Å². The minimum Gasteiger partial charge on any atom is -0.320 e. The van der Waals surface area contributed by atoms with E-state index in [-0.39, 0.29) is 0 Å². The lowest BCUT2D eigenvalue weighted by atomic mass is 10.0. The van der Waals surface area contributed by atoms with Gasteiger partial charge in [0.05, 0.1) is 0 Å². The largest absolute Gasteiger partial charge is 0.320 e. The predicted molar refractivity (Wildman–Crippen MR) is 75.5 cm³/mol. The molecule has 0 aliphatic carbocycles. The van der Waals surface area contributed by atoms with Crippen molar-refractivity contribution in [1.82, 2.24) is 15.1 Å². The Balaban J connectivity index is 1.95. The maximum atomic E-state index is 3.21. The van der Waals surface area contributed by atoms with Gasteiger partial charge < -0.3 is 15.1 Å². The Morgan fingerprint density at radius 1 is 1.06 bits per heavy atom. The first-order valence-electron chi connectivity index (χ1n) is 7.27. The van der Waals surface area contributed by atoms with E-state index in [2.05, 4.69) is 29.2 Å². The van der Waals surface area contributed by atoms with Crippen molar-refractivity contribution < 1.29 is 0 Å². The molecule has 1 aliphatic rings. The minimum atomic E-state index is 0.821. The molecule has 0 radical (unpaired) electrons. The lowest BCUT2D eigenvalue weighted by Crippen LogP contribution is -2.42. The maximum Gasteiger partial charge on any atom is 0.0113 e. The summed E-state index contributed by atoms with van der Waals surface area (Å²) in [6.07, 6.45) is 8.21. The lowest BCUT2D eigenvalue weighted by Gasteiger charge is -2.35. The molecule has 3 nitrogen and oxygen atoms in total. The van der Waals surface area contributed by atoms with E-state index in [0.29, 0.717) is 0 Å². The van der Waals surface area contributed by atoms with Crippen LogP contribution in [0.1, 0.15) is 38.5 Å². The van der Waals surface area contributed by atoms with E-state index < -0.39 is 0 Å². The highest BCUT2D eigenvalue weighted by Gasteiger charge is 2.19. The third-order valence-electron chi connectivity index (χ3n) is 3.94. The van der Waals surface area contributed by atoms with Crippen LogP contribution in [0.15, 0.2) is 0 Å². The maximum absolute atomic E-state index is 3.21. The fourth-order valence-corrected chi connectivity index (χ4v) is 2.65. The summed E-state index contributed by atoms with van der Waals surface area (Å²) in [7, 11) is 6.46. The van der Waals surface area contributed by atoms with Crippen LogP contribution in [0.3, 0.4) is 0 Å². The zero-order valence-corrected chi connectivity index (χ0v) is 12.0. The Labute approximate surface area is 108 Å². The molecule has 0 aromatic heterocycles. The Morgan fingerprint density at radius 2 is 1.71 bits per heavy atom. The van der Waals surface area contributed by atoms with Gasteiger partial charge in [0, 0.05) is 6.04 Å². The number of rotatable bonds is 8. The van der Waals surface area contributed by atoms with Crippen molar-refractivity contribution in [2.24, 2.45) is 0 Å². The van der Waals surface area contributed by atoms with E-state index in [0.717, 1.165) is 6.04 Å². The van der Waals surface area contributed by atoms with Crippen LogP contribution in [0, 0.1) is 0 Å². The first-order valence-corrected chi connectivity index (χ1v) is 7.27. The molecular formula is C14H31N3. The monoisotopic (exact) mass is 241 g/mol. The second-order valence-electron chi connectivity index (χ2n) is 5.55. The Morgan fingerprint density at radius 3 is 2.29 bits per heavy atom. The zero-order chi connectivity index (χ0) is 12.5. The summed E-state index contributed by atoms with van der Waals surface area (Å²) in [4.78, 5) is 5.03. The molecule has 1 heterocycles. The number of hydrogen-bond donors (Lipinski definition) is 1. The second kappa shape index (κ2) is 8.90. The van der Waals surface area contributed by atoms with Crippen molar-refractivity contribution in [3.05, 3.63) is 0 Å². The van der Waals surface area contributed by atoms with Crippen molar-refractivity contribution in [2.45, 2.75) is 44.6 Å². The number of nitrogens with zero attached hydrogens (tertiary/aromatic N) is 2. The van der Waals surface area contributed by atoms with Crippen LogP contribution < -0.4 is 5.32 Å². The number of nitrogens with one attached hydrogen (secondary N) is 1. The average Bonchev–Trinajstić information content (AvgIpc) is 2.34. The van der Waals surface area contributed by atoms with Crippen molar-refractivity contribution >= 4 is 0 Å². The van der Waals surface area contributed by atoms with Crippen LogP contribution in [0.4, 0.5) is 0 Å². The first-order chi connectivity index (χ1) is 8.24. The molecule has 0 aromatic carbocycles. The molecule has 0 spiro atoms. The average molecular weight is 241 g/mol. The Hall–Kier alpha value is -0.120. The quantitative estimate of drug-likeness (QED) is 0.654. The summed E-state index contributed by atoms with van der Waals surface area (Å²) in [6, 6.07) is 0.821. The van der Waals surface area contributed by atoms with Gasteiger partial charge in [-0.1, -0.05) is 12.8 Å². The standard InChI is InChI=1S/C14H31N3/c1-15-10-6-4-5-7-11-17-12-8-14(9-13-17)16(2)3/h14-15H,4-13H2,1-3H3. The SMILES string of the molecule is CNCCCCCCN1CCC(N(C)C)CC1. The molecule has 0 saturated carbocycles. The summed E-state index contributed by atoms with van der Waals surface area (Å²) in [5.41, 5.74) is 0. The van der Waals surface area contributed by atoms with Crippen LogP contribution in [0.5, 0.6) is 0 Å². The van der Waals surface area contributed by atoms with Gasteiger partial charge in [-0.3, -0.25) is 0 Å². The van der Waals surface area contributed by atoms with Crippen LogP contribution >= 0.6 is 0 Å². The van der Waals surface area contributed by atoms with Crippen molar-refractivity contribution in [3.8, 4) is 0 Å². The van der Waals surface area contributed by atoms with Crippen LogP contribution in [0.25, 0.3) is 0 Å². The highest BCUT2D eigenvalue weighted by atomic mass is 15.2. The molecule has 102 valence electrons. The highest BCUT2D eigenvalue weighted by molar-refractivity contribution is 4.76. The van der Waals surface area contributed by atoms with Gasteiger partial charge in [0.1, 0.15) is 0 Å². The molecule has 1 aliphatic heterocycles. The summed E-state index contributed by atoms with van der Waals surface area (Å²) in [5, 5.41) is 3.21. The fraction of sp³-hybridized carbons (Fsp3) is 1.00. The second-order valence-corrected chi connectivity index (χ2v) is 5.55. The lowest BCUT2D eigenvalue weighted by molar-refractivity contribution is 0.143. The van der Waals surface area contributed by atoms with Gasteiger partial charge in [0.2, 0.25) is 0 Å². The van der Waals surface area contributed by atoms with Crippen molar-refractivity contribution in [1.29, 1.82) is 0 Å². The highest BCUT2D eigenvalue weighted by Crippen LogP contribution is 2.14. The van der Waals surface area contributed by atoms with Gasteiger partial charge >= 0.3 is 0 Å². The van der Waals surface area contributed by atoms with Gasteiger partial charge in [-0.2, -0.15) is 0 Å². The molecule has 17 heavy (non-hydrogen) atoms. The Bertz CT molecular complexity index is 174. The van der Waals surface area contributed by atoms with E-state index in [9.17, 15) is 0 Å². The molecule has 1 saturated heterocycles. The first kappa shape index (κ1) is 14.9. The number of likely N-dealkylation sites (tertiary alicyclic amines) is 1. The molecule has 1 rings (SSSR count). The van der Waals surface area contributed by atoms with E-state index in [1.54, 1.807) is 0 Å². The summed E-state index contributed by atoms with van der Waals surface area (Å²) in [5.74, 6) is 0. The molecule has 0 bridgehead atoms. The molecular weight excluding hydrogens is 210 g/mol. The molecule has 1 N–H and O–H groups in total. The normalized spacial score (nSPS) is 19.1. The summed E-state index contributed by atoms with van der Waals surface area (Å²) in [6.45, 7) is 5.10. The third-order valence-corrected chi connectivity index (χ3v) is 3.94.